The molecule has 1 aliphatic heterocycles. The number of aliphatic hydroxyl groups excluding tert-OH is 2. The zero-order chi connectivity index (χ0) is 35.1. The zero-order valence-corrected chi connectivity index (χ0v) is 31.9. The highest BCUT2D eigenvalue weighted by molar-refractivity contribution is 5.83. The minimum Gasteiger partial charge on any atom is -0.463 e. The van der Waals surface area contributed by atoms with Gasteiger partial charge in [0.15, 0.2) is 0 Å². The molecular weight excluding hydrogens is 602 g/mol. The van der Waals surface area contributed by atoms with Crippen molar-refractivity contribution in [2.24, 2.45) is 0 Å². The van der Waals surface area contributed by atoms with Crippen molar-refractivity contribution in [1.29, 1.82) is 0 Å². The quantitative estimate of drug-likeness (QED) is 0.0515. The maximum absolute atomic E-state index is 13.2. The lowest BCUT2D eigenvalue weighted by Gasteiger charge is -2.39. The van der Waals surface area contributed by atoms with Crippen molar-refractivity contribution in [1.82, 2.24) is 4.90 Å². The average molecular weight is 682 g/mol. The Labute approximate surface area is 296 Å². The van der Waals surface area contributed by atoms with Crippen molar-refractivity contribution in [2.75, 3.05) is 19.7 Å². The van der Waals surface area contributed by atoms with Gasteiger partial charge in [-0.1, -0.05) is 175 Å². The highest BCUT2D eigenvalue weighted by Crippen LogP contribution is 2.23. The first-order chi connectivity index (χ1) is 23.4. The molecule has 1 rings (SSSR count). The number of cyclic esters (lactones) is 1. The number of hydrogen-bond donors (Lipinski definition) is 2. The van der Waals surface area contributed by atoms with Crippen LogP contribution in [0.3, 0.4) is 0 Å². The van der Waals surface area contributed by atoms with E-state index in [9.17, 15) is 19.8 Å². The Morgan fingerprint density at radius 3 is 1.56 bits per heavy atom. The lowest BCUT2D eigenvalue weighted by atomic mass is 10.0. The van der Waals surface area contributed by atoms with E-state index < -0.39 is 30.2 Å². The second-order valence-corrected chi connectivity index (χ2v) is 14.9. The number of esters is 2. The molecule has 2 N–H and O–H groups in total. The third kappa shape index (κ3) is 24.9. The number of rotatable bonds is 34. The van der Waals surface area contributed by atoms with Crippen molar-refractivity contribution in [3.8, 4) is 0 Å². The summed E-state index contributed by atoms with van der Waals surface area (Å²) in [6.07, 6.45) is 31.1. The summed E-state index contributed by atoms with van der Waals surface area (Å²) in [6, 6.07) is -0.755. The van der Waals surface area contributed by atoms with Crippen LogP contribution in [-0.2, 0) is 19.1 Å². The Bertz CT molecular complexity index is 748. The smallest absolute Gasteiger partial charge is 0.324 e. The Morgan fingerprint density at radius 2 is 1.08 bits per heavy atom. The van der Waals surface area contributed by atoms with E-state index >= 15 is 0 Å². The van der Waals surface area contributed by atoms with E-state index in [-0.39, 0.29) is 19.1 Å². The summed E-state index contributed by atoms with van der Waals surface area (Å²) in [7, 11) is 0. The van der Waals surface area contributed by atoms with Crippen LogP contribution in [0.15, 0.2) is 0 Å². The van der Waals surface area contributed by atoms with Gasteiger partial charge in [-0.25, -0.2) is 0 Å². The van der Waals surface area contributed by atoms with Crippen LogP contribution in [0.1, 0.15) is 207 Å². The van der Waals surface area contributed by atoms with Crippen LogP contribution >= 0.6 is 0 Å². The second kappa shape index (κ2) is 31.8. The monoisotopic (exact) mass is 682 g/mol. The fourth-order valence-electron chi connectivity index (χ4n) is 6.94. The lowest BCUT2D eigenvalue weighted by Crippen LogP contribution is -2.55. The highest BCUT2D eigenvalue weighted by atomic mass is 16.6. The number of nitrogens with zero attached hydrogens (tertiary/aromatic N) is 1. The first-order valence-electron chi connectivity index (χ1n) is 20.9. The van der Waals surface area contributed by atoms with E-state index in [0.29, 0.717) is 25.9 Å². The van der Waals surface area contributed by atoms with Gasteiger partial charge in [0.05, 0.1) is 18.6 Å². The Kier molecular flexibility index (Phi) is 29.7. The summed E-state index contributed by atoms with van der Waals surface area (Å²) in [5.41, 5.74) is 0. The van der Waals surface area contributed by atoms with E-state index in [1.54, 1.807) is 0 Å². The Balaban J connectivity index is 2.51. The molecule has 1 saturated heterocycles. The molecule has 284 valence electrons. The summed E-state index contributed by atoms with van der Waals surface area (Å²) in [6.45, 7) is 7.56. The molecule has 4 atom stereocenters. The molecule has 0 radical (unpaired) electrons. The van der Waals surface area contributed by atoms with Crippen molar-refractivity contribution >= 4 is 11.9 Å². The molecular formula is C41H79NO6. The van der Waals surface area contributed by atoms with Gasteiger partial charge in [-0.2, -0.15) is 0 Å². The third-order valence-electron chi connectivity index (χ3n) is 10.1. The van der Waals surface area contributed by atoms with Gasteiger partial charge in [-0.05, 0) is 25.7 Å². The van der Waals surface area contributed by atoms with Crippen LogP contribution in [0.2, 0.25) is 0 Å². The molecule has 7 heteroatoms. The van der Waals surface area contributed by atoms with Crippen molar-refractivity contribution in [3.05, 3.63) is 0 Å². The fourth-order valence-corrected chi connectivity index (χ4v) is 6.94. The predicted molar refractivity (Wildman–Crippen MR) is 199 cm³/mol. The summed E-state index contributed by atoms with van der Waals surface area (Å²) >= 11 is 0. The maximum atomic E-state index is 13.2. The molecule has 0 amide bonds. The predicted octanol–water partition coefficient (Wildman–Crippen LogP) is 10.2. The van der Waals surface area contributed by atoms with Crippen molar-refractivity contribution in [2.45, 2.75) is 231 Å². The molecule has 1 aliphatic rings. The van der Waals surface area contributed by atoms with Crippen molar-refractivity contribution < 1.29 is 29.3 Å². The maximum Gasteiger partial charge on any atom is 0.324 e. The molecule has 0 spiro atoms. The minimum atomic E-state index is -0.755. The number of unbranched alkanes of at least 4 members (excludes halogenated alkanes) is 22. The molecule has 0 aromatic rings. The zero-order valence-electron chi connectivity index (χ0n) is 31.9. The normalized spacial score (nSPS) is 18.1. The van der Waals surface area contributed by atoms with Crippen LogP contribution in [0.25, 0.3) is 0 Å². The number of β-amino-alcohol motifs (C(OH)–C–C–N with tert-alkyl or cyclic N) is 1. The minimum absolute atomic E-state index is 0.0423. The van der Waals surface area contributed by atoms with Crippen LogP contribution in [-0.4, -0.2) is 71.1 Å². The van der Waals surface area contributed by atoms with Crippen LogP contribution < -0.4 is 0 Å². The number of morpholine rings is 1. The van der Waals surface area contributed by atoms with Gasteiger partial charge >= 0.3 is 11.9 Å². The molecule has 0 aromatic heterocycles. The fraction of sp³-hybridized carbons (Fsp3) is 0.951. The van der Waals surface area contributed by atoms with Crippen LogP contribution in [0.4, 0.5) is 0 Å². The van der Waals surface area contributed by atoms with E-state index in [2.05, 4.69) is 20.8 Å². The number of hydrogen-bond acceptors (Lipinski definition) is 7. The van der Waals surface area contributed by atoms with Gasteiger partial charge in [-0.3, -0.25) is 14.5 Å². The SMILES string of the molecule is CCCCCCCCCCCC(O)CN1CC(CCCCCCCCCC)OC(=O)C1CC(=O)OCC(O)CCCCCCCCCC. The summed E-state index contributed by atoms with van der Waals surface area (Å²) < 4.78 is 11.3. The molecule has 0 aromatic carbocycles. The van der Waals surface area contributed by atoms with Crippen LogP contribution in [0.5, 0.6) is 0 Å². The first-order valence-corrected chi connectivity index (χ1v) is 20.9. The topological polar surface area (TPSA) is 96.3 Å². The van der Waals surface area contributed by atoms with E-state index in [0.717, 1.165) is 44.9 Å². The molecule has 1 fully saturated rings. The number of carbonyl (C=O) groups is 2. The summed E-state index contributed by atoms with van der Waals surface area (Å²) in [5, 5.41) is 21.3. The number of aliphatic hydroxyl groups is 2. The molecule has 4 unspecified atom stereocenters. The molecule has 0 saturated carbocycles. The summed E-state index contributed by atoms with van der Waals surface area (Å²) in [5.74, 6) is -0.885. The van der Waals surface area contributed by atoms with Gasteiger partial charge in [-0.15, -0.1) is 0 Å². The van der Waals surface area contributed by atoms with Gasteiger partial charge < -0.3 is 19.7 Å². The first kappa shape index (κ1) is 44.8. The Morgan fingerprint density at radius 1 is 0.667 bits per heavy atom. The molecule has 7 nitrogen and oxygen atoms in total. The van der Waals surface area contributed by atoms with Crippen molar-refractivity contribution in [3.63, 3.8) is 0 Å². The second-order valence-electron chi connectivity index (χ2n) is 14.9. The number of ether oxygens (including phenoxy) is 2. The lowest BCUT2D eigenvalue weighted by molar-refractivity contribution is -0.172. The molecule has 0 aliphatic carbocycles. The van der Waals surface area contributed by atoms with Gasteiger partial charge in [0.25, 0.3) is 0 Å². The molecule has 0 bridgehead atoms. The Hall–Kier alpha value is -1.18. The standard InChI is InChI=1S/C41H79NO6/c1-4-7-10-13-16-19-21-23-26-29-36(43)33-42-34-38(31-28-25-22-18-15-12-9-6-3)48-41(46)39(42)32-40(45)47-35-37(44)30-27-24-20-17-14-11-8-5-2/h36-39,43-44H,4-35H2,1-3H3. The van der Waals surface area contributed by atoms with E-state index in [1.165, 1.54) is 122 Å². The van der Waals surface area contributed by atoms with E-state index in [1.807, 2.05) is 4.90 Å². The van der Waals surface area contributed by atoms with Gasteiger partial charge in [0, 0.05) is 13.1 Å². The van der Waals surface area contributed by atoms with Gasteiger partial charge in [0.2, 0.25) is 0 Å². The molecule has 1 heterocycles. The van der Waals surface area contributed by atoms with E-state index in [4.69, 9.17) is 9.47 Å². The number of carbonyl (C=O) groups excluding carboxylic acids is 2. The average Bonchev–Trinajstić information content (AvgIpc) is 3.07. The largest absolute Gasteiger partial charge is 0.463 e. The molecule has 48 heavy (non-hydrogen) atoms. The van der Waals surface area contributed by atoms with Gasteiger partial charge in [0.1, 0.15) is 18.8 Å². The third-order valence-corrected chi connectivity index (χ3v) is 10.1. The summed E-state index contributed by atoms with van der Waals surface area (Å²) in [4.78, 5) is 28.0. The highest BCUT2D eigenvalue weighted by Gasteiger charge is 2.38. The van der Waals surface area contributed by atoms with Crippen LogP contribution in [0, 0.1) is 0 Å².